The second-order valence-electron chi connectivity index (χ2n) is 6.60. The summed E-state index contributed by atoms with van der Waals surface area (Å²) >= 11 is 1.30. The van der Waals surface area contributed by atoms with Crippen LogP contribution in [0.1, 0.15) is 33.6 Å². The molecule has 24 heavy (non-hydrogen) atoms. The van der Waals surface area contributed by atoms with Crippen LogP contribution in [-0.4, -0.2) is 19.3 Å². The summed E-state index contributed by atoms with van der Waals surface area (Å²) in [6.07, 6.45) is 3.19. The molecule has 126 valence electrons. The van der Waals surface area contributed by atoms with Gasteiger partial charge in [0.05, 0.1) is 13.2 Å². The number of hydrogen-bond acceptors (Lipinski definition) is 6. The van der Waals surface area contributed by atoms with Gasteiger partial charge in [0.25, 0.3) is 0 Å². The van der Waals surface area contributed by atoms with Gasteiger partial charge in [-0.25, -0.2) is 0 Å². The zero-order valence-corrected chi connectivity index (χ0v) is 15.5. The van der Waals surface area contributed by atoms with E-state index in [-0.39, 0.29) is 16.9 Å². The van der Waals surface area contributed by atoms with Crippen molar-refractivity contribution in [2.45, 2.75) is 33.6 Å². The molecular formula is C18H21N3O2S. The molecule has 0 saturated carbocycles. The molecule has 0 N–H and O–H groups in total. The predicted octanol–water partition coefficient (Wildman–Crippen LogP) is 3.72. The van der Waals surface area contributed by atoms with E-state index >= 15 is 0 Å². The average molecular weight is 343 g/mol. The van der Waals surface area contributed by atoms with Crippen LogP contribution in [0.5, 0.6) is 0 Å². The summed E-state index contributed by atoms with van der Waals surface area (Å²) in [7, 11) is 1.26. The highest BCUT2D eigenvalue weighted by Crippen LogP contribution is 2.49. The highest BCUT2D eigenvalue weighted by atomic mass is 32.2. The van der Waals surface area contributed by atoms with E-state index in [1.807, 2.05) is 25.1 Å². The average Bonchev–Trinajstić information content (AvgIpc) is 2.53. The zero-order chi connectivity index (χ0) is 18.5. The summed E-state index contributed by atoms with van der Waals surface area (Å²) in [5, 5.41) is 28.0. The minimum absolute atomic E-state index is 0.0168. The van der Waals surface area contributed by atoms with E-state index in [1.54, 1.807) is 6.26 Å². The van der Waals surface area contributed by atoms with Crippen LogP contribution in [-0.2, 0) is 9.53 Å². The van der Waals surface area contributed by atoms with Crippen molar-refractivity contribution in [2.24, 2.45) is 17.3 Å². The SMILES string of the molecule is COC(=O)[C@@H](C#N)C1=C(C(SC)=C(C#N)C#N)[C@H](C)CC(C)(C)C1. The zero-order valence-electron chi connectivity index (χ0n) is 14.6. The second kappa shape index (κ2) is 8.04. The van der Waals surface area contributed by atoms with Crippen molar-refractivity contribution in [3.05, 3.63) is 21.6 Å². The van der Waals surface area contributed by atoms with Crippen LogP contribution in [0.4, 0.5) is 0 Å². The van der Waals surface area contributed by atoms with Gasteiger partial charge in [-0.3, -0.25) is 4.79 Å². The molecule has 0 aliphatic heterocycles. The van der Waals surface area contributed by atoms with Gasteiger partial charge in [-0.1, -0.05) is 20.8 Å². The predicted molar refractivity (Wildman–Crippen MR) is 92.1 cm³/mol. The maximum Gasteiger partial charge on any atom is 0.327 e. The van der Waals surface area contributed by atoms with E-state index in [0.717, 1.165) is 12.0 Å². The third kappa shape index (κ3) is 3.99. The summed E-state index contributed by atoms with van der Waals surface area (Å²) in [5.41, 5.74) is 1.38. The Labute approximate surface area is 147 Å². The highest BCUT2D eigenvalue weighted by Gasteiger charge is 2.39. The molecule has 5 nitrogen and oxygen atoms in total. The van der Waals surface area contributed by atoms with Crippen molar-refractivity contribution in [1.29, 1.82) is 15.8 Å². The van der Waals surface area contributed by atoms with Gasteiger partial charge in [0.2, 0.25) is 0 Å². The molecule has 1 aliphatic carbocycles. The van der Waals surface area contributed by atoms with Gasteiger partial charge in [0.15, 0.2) is 5.92 Å². The number of methoxy groups -OCH3 is 1. The Morgan fingerprint density at radius 1 is 1.33 bits per heavy atom. The van der Waals surface area contributed by atoms with E-state index in [9.17, 15) is 20.6 Å². The number of ether oxygens (including phenoxy) is 1. The van der Waals surface area contributed by atoms with E-state index < -0.39 is 11.9 Å². The van der Waals surface area contributed by atoms with Crippen molar-refractivity contribution in [3.63, 3.8) is 0 Å². The van der Waals surface area contributed by atoms with Crippen molar-refractivity contribution in [2.75, 3.05) is 13.4 Å². The van der Waals surface area contributed by atoms with E-state index in [4.69, 9.17) is 4.74 Å². The number of nitrogens with zero attached hydrogens (tertiary/aromatic N) is 3. The molecule has 2 atom stereocenters. The van der Waals surface area contributed by atoms with Gasteiger partial charge in [0.1, 0.15) is 17.7 Å². The Balaban J connectivity index is 3.76. The van der Waals surface area contributed by atoms with Gasteiger partial charge < -0.3 is 4.74 Å². The molecule has 0 heterocycles. The Morgan fingerprint density at radius 3 is 2.33 bits per heavy atom. The van der Waals surface area contributed by atoms with E-state index in [1.165, 1.54) is 18.9 Å². The first-order valence-electron chi connectivity index (χ1n) is 7.55. The quantitative estimate of drug-likeness (QED) is 0.570. The molecule has 6 heteroatoms. The molecule has 0 spiro atoms. The van der Waals surface area contributed by atoms with Gasteiger partial charge >= 0.3 is 5.97 Å². The Hall–Kier alpha value is -2.23. The lowest BCUT2D eigenvalue weighted by Gasteiger charge is -2.39. The third-order valence-corrected chi connectivity index (χ3v) is 5.01. The van der Waals surface area contributed by atoms with Gasteiger partial charge in [-0.15, -0.1) is 11.8 Å². The van der Waals surface area contributed by atoms with Crippen LogP contribution >= 0.6 is 11.8 Å². The fourth-order valence-electron chi connectivity index (χ4n) is 3.42. The summed E-state index contributed by atoms with van der Waals surface area (Å²) in [6.45, 7) is 6.18. The second-order valence-corrected chi connectivity index (χ2v) is 7.42. The fraction of sp³-hybridized carbons (Fsp3) is 0.556. The number of esters is 1. The lowest BCUT2D eigenvalue weighted by atomic mass is 9.67. The normalized spacial score (nSPS) is 20.2. The van der Waals surface area contributed by atoms with E-state index in [2.05, 4.69) is 13.8 Å². The summed E-state index contributed by atoms with van der Waals surface area (Å²) < 4.78 is 4.79. The lowest BCUT2D eigenvalue weighted by Crippen LogP contribution is -2.30. The molecule has 0 aromatic rings. The molecule has 0 saturated heterocycles. The van der Waals surface area contributed by atoms with Crippen LogP contribution < -0.4 is 0 Å². The number of carbonyl (C=O) groups excluding carboxylic acids is 1. The molecule has 0 aromatic heterocycles. The third-order valence-electron chi connectivity index (χ3n) is 4.18. The number of thioether (sulfide) groups is 1. The van der Waals surface area contributed by atoms with Crippen molar-refractivity contribution >= 4 is 17.7 Å². The summed E-state index contributed by atoms with van der Waals surface area (Å²) in [4.78, 5) is 12.7. The topological polar surface area (TPSA) is 97.7 Å². The first-order chi connectivity index (χ1) is 11.3. The van der Waals surface area contributed by atoms with Crippen LogP contribution in [0.3, 0.4) is 0 Å². The number of nitriles is 3. The van der Waals surface area contributed by atoms with Crippen molar-refractivity contribution < 1.29 is 9.53 Å². The number of hydrogen-bond donors (Lipinski definition) is 0. The molecule has 0 aromatic carbocycles. The van der Waals surface area contributed by atoms with Crippen LogP contribution in [0, 0.1) is 51.2 Å². The smallest absolute Gasteiger partial charge is 0.327 e. The minimum atomic E-state index is -1.02. The van der Waals surface area contributed by atoms with Crippen LogP contribution in [0.15, 0.2) is 21.6 Å². The molecular weight excluding hydrogens is 322 g/mol. The summed E-state index contributed by atoms with van der Waals surface area (Å²) in [5.74, 6) is -1.60. The fourth-order valence-corrected chi connectivity index (χ4v) is 4.27. The summed E-state index contributed by atoms with van der Waals surface area (Å²) in [6, 6.07) is 5.89. The molecule has 1 rings (SSSR count). The molecule has 0 unspecified atom stereocenters. The lowest BCUT2D eigenvalue weighted by molar-refractivity contribution is -0.142. The Kier molecular flexibility index (Phi) is 6.64. The monoisotopic (exact) mass is 343 g/mol. The van der Waals surface area contributed by atoms with Crippen LogP contribution in [0.2, 0.25) is 0 Å². The van der Waals surface area contributed by atoms with Crippen molar-refractivity contribution in [3.8, 4) is 18.2 Å². The van der Waals surface area contributed by atoms with Crippen LogP contribution in [0.25, 0.3) is 0 Å². The van der Waals surface area contributed by atoms with Gasteiger partial charge in [-0.05, 0) is 41.6 Å². The standard InChI is InChI=1S/C18H21N3O2S/c1-11-6-18(2,3)7-13(14(10-21)17(22)23-4)15(11)16(24-5)12(8-19)9-20/h11,14H,6-7H2,1-5H3/t11-,14+/m1/s1. The number of rotatable bonds is 4. The highest BCUT2D eigenvalue weighted by molar-refractivity contribution is 8.02. The number of carbonyl (C=O) groups is 1. The first kappa shape index (κ1) is 19.8. The Morgan fingerprint density at radius 2 is 1.92 bits per heavy atom. The maximum absolute atomic E-state index is 12.1. The van der Waals surface area contributed by atoms with E-state index in [0.29, 0.717) is 16.9 Å². The maximum atomic E-state index is 12.1. The molecule has 0 bridgehead atoms. The molecule has 0 amide bonds. The largest absolute Gasteiger partial charge is 0.468 e. The minimum Gasteiger partial charge on any atom is -0.468 e. The van der Waals surface area contributed by atoms with Crippen molar-refractivity contribution in [1.82, 2.24) is 0 Å². The molecule has 0 radical (unpaired) electrons. The molecule has 1 aliphatic rings. The number of allylic oxidation sites excluding steroid dienone is 2. The Bertz CT molecular complexity index is 698. The first-order valence-corrected chi connectivity index (χ1v) is 8.78. The van der Waals surface area contributed by atoms with Gasteiger partial charge in [0, 0.05) is 4.91 Å². The van der Waals surface area contributed by atoms with Gasteiger partial charge in [-0.2, -0.15) is 15.8 Å². The molecule has 0 fully saturated rings.